The van der Waals surface area contributed by atoms with E-state index in [9.17, 15) is 4.79 Å². The van der Waals surface area contributed by atoms with Crippen LogP contribution in [0.15, 0.2) is 0 Å². The predicted octanol–water partition coefficient (Wildman–Crippen LogP) is 1.59. The minimum absolute atomic E-state index is 0.0884. The fourth-order valence-corrected chi connectivity index (χ4v) is 3.10. The van der Waals surface area contributed by atoms with Crippen LogP contribution in [-0.2, 0) is 9.53 Å². The van der Waals surface area contributed by atoms with E-state index in [2.05, 4.69) is 17.6 Å². The molecule has 1 saturated heterocycles. The summed E-state index contributed by atoms with van der Waals surface area (Å²) in [7, 11) is 0. The fraction of sp³-hybridized carbons (Fsp3) is 0.929. The average molecular weight is 254 g/mol. The summed E-state index contributed by atoms with van der Waals surface area (Å²) in [5.74, 6) is 0.0884. The van der Waals surface area contributed by atoms with Gasteiger partial charge >= 0.3 is 0 Å². The highest BCUT2D eigenvalue weighted by atomic mass is 16.5. The van der Waals surface area contributed by atoms with Crippen LogP contribution in [0.4, 0.5) is 0 Å². The van der Waals surface area contributed by atoms with Gasteiger partial charge in [-0.15, -0.1) is 0 Å². The Morgan fingerprint density at radius 2 is 2.11 bits per heavy atom. The van der Waals surface area contributed by atoms with E-state index in [1.807, 2.05) is 0 Å². The van der Waals surface area contributed by atoms with Crippen LogP contribution in [0.5, 0.6) is 0 Å². The molecule has 1 unspecified atom stereocenters. The summed E-state index contributed by atoms with van der Waals surface area (Å²) in [6.07, 6.45) is 8.76. The first-order valence-corrected chi connectivity index (χ1v) is 7.39. The topological polar surface area (TPSA) is 50.4 Å². The lowest BCUT2D eigenvalue weighted by atomic mass is 9.98. The Kier molecular flexibility index (Phi) is 5.01. The predicted molar refractivity (Wildman–Crippen MR) is 71.5 cm³/mol. The molecule has 2 fully saturated rings. The monoisotopic (exact) mass is 254 g/mol. The Hall–Kier alpha value is -0.610. The Morgan fingerprint density at radius 3 is 2.83 bits per heavy atom. The van der Waals surface area contributed by atoms with Crippen molar-refractivity contribution in [3.8, 4) is 0 Å². The summed E-state index contributed by atoms with van der Waals surface area (Å²) in [6, 6.07) is 0. The number of rotatable bonds is 6. The third-order valence-corrected chi connectivity index (χ3v) is 4.08. The molecule has 1 spiro atoms. The molecule has 4 nitrogen and oxygen atoms in total. The third-order valence-electron chi connectivity index (χ3n) is 4.08. The molecular formula is C14H26N2O2. The molecule has 4 heteroatoms. The van der Waals surface area contributed by atoms with Crippen LogP contribution >= 0.6 is 0 Å². The Bertz CT molecular complexity index is 275. The molecule has 0 aromatic heterocycles. The number of nitrogens with one attached hydrogen (secondary N) is 2. The van der Waals surface area contributed by atoms with E-state index in [1.54, 1.807) is 0 Å². The van der Waals surface area contributed by atoms with E-state index in [0.717, 1.165) is 25.9 Å². The number of carbonyl (C=O) groups is 1. The molecule has 1 saturated carbocycles. The van der Waals surface area contributed by atoms with Crippen molar-refractivity contribution in [2.45, 2.75) is 63.6 Å². The second kappa shape index (κ2) is 6.53. The number of hydrogen-bond acceptors (Lipinski definition) is 3. The van der Waals surface area contributed by atoms with Crippen molar-refractivity contribution in [1.82, 2.24) is 10.6 Å². The summed E-state index contributed by atoms with van der Waals surface area (Å²) < 4.78 is 6.18. The molecule has 0 radical (unpaired) electrons. The number of amides is 1. The molecule has 1 aliphatic heterocycles. The largest absolute Gasteiger partial charge is 0.370 e. The number of ether oxygens (including phenoxy) is 1. The van der Waals surface area contributed by atoms with Gasteiger partial charge in [-0.3, -0.25) is 4.79 Å². The summed E-state index contributed by atoms with van der Waals surface area (Å²) in [4.78, 5) is 11.4. The average Bonchev–Trinajstić information content (AvgIpc) is 2.98. The highest BCUT2D eigenvalue weighted by Crippen LogP contribution is 2.42. The van der Waals surface area contributed by atoms with Crippen LogP contribution in [0.25, 0.3) is 0 Å². The van der Waals surface area contributed by atoms with Crippen molar-refractivity contribution < 1.29 is 9.53 Å². The molecule has 1 atom stereocenters. The van der Waals surface area contributed by atoms with E-state index in [-0.39, 0.29) is 11.5 Å². The molecule has 0 aromatic carbocycles. The highest BCUT2D eigenvalue weighted by molar-refractivity contribution is 5.77. The van der Waals surface area contributed by atoms with Crippen molar-refractivity contribution >= 4 is 5.91 Å². The molecule has 18 heavy (non-hydrogen) atoms. The van der Waals surface area contributed by atoms with Crippen LogP contribution in [0.1, 0.15) is 51.9 Å². The molecule has 1 amide bonds. The summed E-state index contributed by atoms with van der Waals surface area (Å²) >= 11 is 0. The Morgan fingerprint density at radius 1 is 1.33 bits per heavy atom. The lowest BCUT2D eigenvalue weighted by molar-refractivity contribution is -0.120. The van der Waals surface area contributed by atoms with Gasteiger partial charge in [-0.05, 0) is 32.1 Å². The van der Waals surface area contributed by atoms with Gasteiger partial charge in [-0.25, -0.2) is 0 Å². The normalized spacial score (nSPS) is 25.7. The second-order valence-electron chi connectivity index (χ2n) is 5.65. The first-order chi connectivity index (χ1) is 8.74. The summed E-state index contributed by atoms with van der Waals surface area (Å²) in [5, 5.41) is 6.07. The Balaban J connectivity index is 1.59. The first-order valence-electron chi connectivity index (χ1n) is 7.39. The number of carbonyl (C=O) groups excluding carboxylic acids is 1. The van der Waals surface area contributed by atoms with Gasteiger partial charge in [-0.2, -0.15) is 0 Å². The Labute approximate surface area is 110 Å². The van der Waals surface area contributed by atoms with Gasteiger partial charge < -0.3 is 15.4 Å². The quantitative estimate of drug-likeness (QED) is 0.757. The van der Waals surface area contributed by atoms with Gasteiger partial charge in [0, 0.05) is 13.1 Å². The van der Waals surface area contributed by atoms with E-state index < -0.39 is 0 Å². The van der Waals surface area contributed by atoms with Gasteiger partial charge in [0.25, 0.3) is 0 Å². The zero-order chi connectivity index (χ0) is 12.8. The lowest BCUT2D eigenvalue weighted by Gasteiger charge is -2.23. The maximum Gasteiger partial charge on any atom is 0.233 e. The van der Waals surface area contributed by atoms with Crippen molar-refractivity contribution in [2.75, 3.05) is 19.6 Å². The summed E-state index contributed by atoms with van der Waals surface area (Å²) in [6.45, 7) is 4.04. The van der Waals surface area contributed by atoms with Gasteiger partial charge in [0.2, 0.25) is 5.91 Å². The molecule has 0 bridgehead atoms. The van der Waals surface area contributed by atoms with Crippen LogP contribution in [0.2, 0.25) is 0 Å². The fourth-order valence-electron chi connectivity index (χ4n) is 3.10. The van der Waals surface area contributed by atoms with Gasteiger partial charge in [0.1, 0.15) is 0 Å². The van der Waals surface area contributed by atoms with Gasteiger partial charge in [-0.1, -0.05) is 19.8 Å². The van der Waals surface area contributed by atoms with E-state index >= 15 is 0 Å². The van der Waals surface area contributed by atoms with E-state index in [4.69, 9.17) is 4.74 Å². The first kappa shape index (κ1) is 13.8. The molecule has 2 rings (SSSR count). The standard InChI is InChI=1S/C14H26N2O2/c1-2-9-16-13(17)11-15-10-12-5-8-14(18-12)6-3-4-7-14/h12,15H,2-11H2,1H3,(H,16,17). The molecule has 2 N–H and O–H groups in total. The van der Waals surface area contributed by atoms with Crippen molar-refractivity contribution in [3.05, 3.63) is 0 Å². The van der Waals surface area contributed by atoms with E-state index in [1.165, 1.54) is 32.1 Å². The van der Waals surface area contributed by atoms with Crippen LogP contribution < -0.4 is 10.6 Å². The molecule has 0 aromatic rings. The van der Waals surface area contributed by atoms with Crippen molar-refractivity contribution in [3.63, 3.8) is 0 Å². The van der Waals surface area contributed by atoms with Crippen LogP contribution in [-0.4, -0.2) is 37.2 Å². The molecular weight excluding hydrogens is 228 g/mol. The smallest absolute Gasteiger partial charge is 0.233 e. The van der Waals surface area contributed by atoms with Crippen molar-refractivity contribution in [1.29, 1.82) is 0 Å². The second-order valence-corrected chi connectivity index (χ2v) is 5.65. The molecule has 104 valence electrons. The zero-order valence-electron chi connectivity index (χ0n) is 11.5. The van der Waals surface area contributed by atoms with Crippen LogP contribution in [0, 0.1) is 0 Å². The summed E-state index contributed by atoms with van der Waals surface area (Å²) in [5.41, 5.74) is 0.205. The maximum absolute atomic E-state index is 11.4. The van der Waals surface area contributed by atoms with Gasteiger partial charge in [0.05, 0.1) is 18.2 Å². The number of hydrogen-bond donors (Lipinski definition) is 2. The minimum Gasteiger partial charge on any atom is -0.370 e. The molecule has 2 aliphatic rings. The maximum atomic E-state index is 11.4. The van der Waals surface area contributed by atoms with Gasteiger partial charge in [0.15, 0.2) is 0 Å². The van der Waals surface area contributed by atoms with E-state index in [0.29, 0.717) is 12.6 Å². The van der Waals surface area contributed by atoms with Crippen LogP contribution in [0.3, 0.4) is 0 Å². The lowest BCUT2D eigenvalue weighted by Crippen LogP contribution is -2.38. The minimum atomic E-state index is 0.0884. The SMILES string of the molecule is CCCNC(=O)CNCC1CCC2(CCCC2)O1. The van der Waals surface area contributed by atoms with Crippen molar-refractivity contribution in [2.24, 2.45) is 0 Å². The zero-order valence-corrected chi connectivity index (χ0v) is 11.5. The third kappa shape index (κ3) is 3.69. The highest BCUT2D eigenvalue weighted by Gasteiger charge is 2.41. The molecule has 1 heterocycles. The molecule has 1 aliphatic carbocycles.